The lowest BCUT2D eigenvalue weighted by atomic mass is 10.2. The zero-order valence-corrected chi connectivity index (χ0v) is 11.3. The molecule has 0 saturated carbocycles. The predicted octanol–water partition coefficient (Wildman–Crippen LogP) is 2.09. The maximum atomic E-state index is 12.0. The van der Waals surface area contributed by atoms with Crippen molar-refractivity contribution in [3.05, 3.63) is 40.9 Å². The van der Waals surface area contributed by atoms with Crippen molar-refractivity contribution in [2.45, 2.75) is 0 Å². The lowest BCUT2D eigenvalue weighted by Gasteiger charge is -2.05. The largest absolute Gasteiger partial charge is 0.497 e. The number of aromatic nitrogens is 2. The van der Waals surface area contributed by atoms with Crippen molar-refractivity contribution in [1.82, 2.24) is 9.59 Å². The van der Waals surface area contributed by atoms with Crippen LogP contribution in [0.1, 0.15) is 5.69 Å². The van der Waals surface area contributed by atoms with Crippen LogP contribution < -0.4 is 10.1 Å². The third kappa shape index (κ3) is 3.40. The second-order valence-corrected chi connectivity index (χ2v) is 4.30. The molecule has 0 saturated heterocycles. The summed E-state index contributed by atoms with van der Waals surface area (Å²) in [6.07, 6.45) is 1.39. The van der Waals surface area contributed by atoms with E-state index in [4.69, 9.17) is 10.00 Å². The highest BCUT2D eigenvalue weighted by atomic mass is 32.1. The molecule has 0 unspecified atom stereocenters. The minimum absolute atomic E-state index is 0.0412. The molecule has 0 aliphatic heterocycles. The molecule has 0 spiro atoms. The molecule has 1 heterocycles. The molecule has 0 aliphatic rings. The highest BCUT2D eigenvalue weighted by Crippen LogP contribution is 2.17. The first-order chi connectivity index (χ1) is 9.72. The van der Waals surface area contributed by atoms with Crippen LogP contribution in [0.2, 0.25) is 0 Å². The Bertz CT molecular complexity index is 674. The fourth-order valence-corrected chi connectivity index (χ4v) is 1.84. The van der Waals surface area contributed by atoms with Crippen molar-refractivity contribution >= 4 is 29.2 Å². The van der Waals surface area contributed by atoms with Gasteiger partial charge in [-0.15, -0.1) is 5.10 Å². The van der Waals surface area contributed by atoms with Crippen molar-refractivity contribution in [3.8, 4) is 11.8 Å². The Balaban J connectivity index is 2.16. The Hall–Kier alpha value is -2.72. The summed E-state index contributed by atoms with van der Waals surface area (Å²) in [6.45, 7) is 0. The van der Waals surface area contributed by atoms with Gasteiger partial charge in [0.05, 0.1) is 12.8 Å². The Morgan fingerprint density at radius 2 is 2.40 bits per heavy atom. The molecule has 1 aromatic carbocycles. The van der Waals surface area contributed by atoms with E-state index in [2.05, 4.69) is 14.9 Å². The van der Waals surface area contributed by atoms with E-state index in [1.807, 2.05) is 6.07 Å². The van der Waals surface area contributed by atoms with Gasteiger partial charge in [0.1, 0.15) is 17.4 Å². The molecule has 0 atom stereocenters. The van der Waals surface area contributed by atoms with E-state index >= 15 is 0 Å². The number of hydrogen-bond acceptors (Lipinski definition) is 6. The third-order valence-corrected chi connectivity index (χ3v) is 2.88. The average molecular weight is 286 g/mol. The van der Waals surface area contributed by atoms with E-state index in [-0.39, 0.29) is 5.57 Å². The van der Waals surface area contributed by atoms with Crippen molar-refractivity contribution in [2.24, 2.45) is 0 Å². The van der Waals surface area contributed by atoms with Crippen LogP contribution in [0.25, 0.3) is 6.08 Å². The second kappa shape index (κ2) is 6.45. The molecule has 1 amide bonds. The molecule has 100 valence electrons. The van der Waals surface area contributed by atoms with Gasteiger partial charge >= 0.3 is 0 Å². The van der Waals surface area contributed by atoms with Gasteiger partial charge in [-0.25, -0.2) is 0 Å². The molecule has 1 N–H and O–H groups in total. The monoisotopic (exact) mass is 286 g/mol. The van der Waals surface area contributed by atoms with Crippen molar-refractivity contribution < 1.29 is 9.53 Å². The first-order valence-electron chi connectivity index (χ1n) is 5.57. The Morgan fingerprint density at radius 3 is 3.05 bits per heavy atom. The van der Waals surface area contributed by atoms with Crippen LogP contribution in [0.15, 0.2) is 35.2 Å². The Kier molecular flexibility index (Phi) is 4.42. The number of rotatable bonds is 4. The summed E-state index contributed by atoms with van der Waals surface area (Å²) >= 11 is 1.15. The maximum absolute atomic E-state index is 12.0. The minimum atomic E-state index is -0.506. The highest BCUT2D eigenvalue weighted by molar-refractivity contribution is 7.03. The van der Waals surface area contributed by atoms with E-state index in [1.165, 1.54) is 13.2 Å². The van der Waals surface area contributed by atoms with Crippen LogP contribution in [-0.4, -0.2) is 22.6 Å². The lowest BCUT2D eigenvalue weighted by Crippen LogP contribution is -2.13. The summed E-state index contributed by atoms with van der Waals surface area (Å²) in [5.41, 5.74) is 0.986. The van der Waals surface area contributed by atoms with Crippen molar-refractivity contribution in [1.29, 1.82) is 5.26 Å². The van der Waals surface area contributed by atoms with Crippen LogP contribution in [0.3, 0.4) is 0 Å². The molecule has 0 radical (unpaired) electrons. The van der Waals surface area contributed by atoms with Crippen molar-refractivity contribution in [3.63, 3.8) is 0 Å². The number of hydrogen-bond donors (Lipinski definition) is 1. The van der Waals surface area contributed by atoms with E-state index in [0.717, 1.165) is 11.5 Å². The summed E-state index contributed by atoms with van der Waals surface area (Å²) in [4.78, 5) is 12.0. The summed E-state index contributed by atoms with van der Waals surface area (Å²) < 4.78 is 8.73. The van der Waals surface area contributed by atoms with E-state index in [1.54, 1.807) is 29.6 Å². The molecule has 0 aliphatic carbocycles. The fraction of sp³-hybridized carbons (Fsp3) is 0.0769. The molecule has 0 bridgehead atoms. The number of methoxy groups -OCH3 is 1. The second-order valence-electron chi connectivity index (χ2n) is 3.69. The number of carbonyl (C=O) groups is 1. The highest BCUT2D eigenvalue weighted by Gasteiger charge is 2.10. The van der Waals surface area contributed by atoms with Crippen LogP contribution in [0, 0.1) is 11.3 Å². The van der Waals surface area contributed by atoms with Crippen molar-refractivity contribution in [2.75, 3.05) is 12.4 Å². The number of nitrogens with one attached hydrogen (secondary N) is 1. The molecule has 1 aromatic heterocycles. The smallest absolute Gasteiger partial charge is 0.266 e. The number of amides is 1. The molecule has 6 nitrogen and oxygen atoms in total. The number of ether oxygens (including phenoxy) is 1. The van der Waals surface area contributed by atoms with Gasteiger partial charge in [0.2, 0.25) is 0 Å². The lowest BCUT2D eigenvalue weighted by molar-refractivity contribution is -0.112. The molecule has 7 heteroatoms. The summed E-state index contributed by atoms with van der Waals surface area (Å²) in [5.74, 6) is 0.114. The Labute approximate surface area is 119 Å². The average Bonchev–Trinajstić information content (AvgIpc) is 2.97. The van der Waals surface area contributed by atoms with Crippen LogP contribution in [0.4, 0.5) is 5.69 Å². The SMILES string of the molecule is COc1cccc(NC(=O)C(C#N)=Cc2csnn2)c1. The third-order valence-electron chi connectivity index (χ3n) is 2.36. The van der Waals surface area contributed by atoms with Gasteiger partial charge < -0.3 is 10.1 Å². The number of carbonyl (C=O) groups excluding carboxylic acids is 1. The van der Waals surface area contributed by atoms with Gasteiger partial charge in [0.25, 0.3) is 5.91 Å². The van der Waals surface area contributed by atoms with Gasteiger partial charge in [0.15, 0.2) is 0 Å². The quantitative estimate of drug-likeness (QED) is 0.686. The van der Waals surface area contributed by atoms with Gasteiger partial charge in [-0.2, -0.15) is 5.26 Å². The number of nitriles is 1. The summed E-state index contributed by atoms with van der Waals surface area (Å²) in [7, 11) is 1.54. The molecule has 20 heavy (non-hydrogen) atoms. The number of nitrogens with zero attached hydrogens (tertiary/aromatic N) is 3. The molecule has 2 rings (SSSR count). The minimum Gasteiger partial charge on any atom is -0.497 e. The van der Waals surface area contributed by atoms with Gasteiger partial charge in [0, 0.05) is 17.1 Å². The first kappa shape index (κ1) is 13.7. The first-order valence-corrected chi connectivity index (χ1v) is 6.41. The van der Waals surface area contributed by atoms with E-state index in [9.17, 15) is 4.79 Å². The number of anilines is 1. The van der Waals surface area contributed by atoms with Gasteiger partial charge in [-0.3, -0.25) is 4.79 Å². The molecule has 2 aromatic rings. The molecular formula is C13H10N4O2S. The van der Waals surface area contributed by atoms with Gasteiger partial charge in [-0.1, -0.05) is 10.6 Å². The fourth-order valence-electron chi connectivity index (χ4n) is 1.43. The molecular weight excluding hydrogens is 276 g/mol. The van der Waals surface area contributed by atoms with Crippen LogP contribution in [-0.2, 0) is 4.79 Å². The standard InChI is InChI=1S/C13H10N4O2S/c1-19-12-4-2-3-10(6-12)15-13(18)9(7-14)5-11-8-20-17-16-11/h2-6,8H,1H3,(H,15,18). The van der Waals surface area contributed by atoms with Gasteiger partial charge in [-0.05, 0) is 29.7 Å². The van der Waals surface area contributed by atoms with Crippen LogP contribution >= 0.6 is 11.5 Å². The topological polar surface area (TPSA) is 87.9 Å². The zero-order valence-electron chi connectivity index (χ0n) is 10.5. The number of benzene rings is 1. The van der Waals surface area contributed by atoms with E-state index in [0.29, 0.717) is 17.1 Å². The Morgan fingerprint density at radius 1 is 1.55 bits per heavy atom. The molecule has 0 fully saturated rings. The summed E-state index contributed by atoms with van der Waals surface area (Å²) in [5, 5.41) is 17.1. The maximum Gasteiger partial charge on any atom is 0.266 e. The normalized spacial score (nSPS) is 10.7. The van der Waals surface area contributed by atoms with E-state index < -0.39 is 5.91 Å². The summed E-state index contributed by atoms with van der Waals surface area (Å²) in [6, 6.07) is 8.72. The zero-order chi connectivity index (χ0) is 14.4. The van der Waals surface area contributed by atoms with Crippen LogP contribution in [0.5, 0.6) is 5.75 Å². The predicted molar refractivity (Wildman–Crippen MR) is 75.1 cm³/mol.